The van der Waals surface area contributed by atoms with Gasteiger partial charge in [0, 0.05) is 24.8 Å². The molecule has 11 heteroatoms. The molecule has 1 N–H and O–H groups in total. The quantitative estimate of drug-likeness (QED) is 0.652. The number of pyridine rings is 1. The van der Waals surface area contributed by atoms with Crippen molar-refractivity contribution in [2.75, 3.05) is 32.8 Å². The van der Waals surface area contributed by atoms with Gasteiger partial charge in [-0.1, -0.05) is 6.07 Å². The third-order valence-corrected chi connectivity index (χ3v) is 6.90. The molecule has 1 unspecified atom stereocenters. The average Bonchev–Trinajstić information content (AvgIpc) is 3.53. The van der Waals surface area contributed by atoms with Crippen LogP contribution < -0.4 is 0 Å². The lowest BCUT2D eigenvalue weighted by Crippen LogP contribution is -2.45. The van der Waals surface area contributed by atoms with E-state index in [-0.39, 0.29) is 23.9 Å². The summed E-state index contributed by atoms with van der Waals surface area (Å²) in [6.45, 7) is 4.49. The van der Waals surface area contributed by atoms with Crippen LogP contribution in [0.15, 0.2) is 35.9 Å². The largest absolute Gasteiger partial charge is 0.456 e. The highest BCUT2D eigenvalue weighted by Crippen LogP contribution is 2.43. The molecular formula is C21H25N7O4. The molecule has 2 aromatic rings. The summed E-state index contributed by atoms with van der Waals surface area (Å²) >= 11 is 0. The number of hydrogen-bond acceptors (Lipinski definition) is 9. The molecule has 1 spiro atoms. The highest BCUT2D eigenvalue weighted by Gasteiger charge is 2.50. The zero-order valence-electron chi connectivity index (χ0n) is 17.8. The van der Waals surface area contributed by atoms with Gasteiger partial charge in [-0.3, -0.25) is 4.79 Å². The molecule has 0 aliphatic carbocycles. The van der Waals surface area contributed by atoms with Crippen LogP contribution >= 0.6 is 0 Å². The van der Waals surface area contributed by atoms with Crippen molar-refractivity contribution < 1.29 is 19.4 Å². The predicted octanol–water partition coefficient (Wildman–Crippen LogP) is 0.236. The number of aliphatic hydroxyl groups excluding tert-OH is 1. The molecule has 5 rings (SSSR count). The molecule has 32 heavy (non-hydrogen) atoms. The fraction of sp³-hybridized carbons (Fsp3) is 0.524. The molecule has 168 valence electrons. The van der Waals surface area contributed by atoms with E-state index in [0.717, 1.165) is 37.9 Å². The summed E-state index contributed by atoms with van der Waals surface area (Å²) in [6.07, 6.45) is 4.69. The molecule has 2 fully saturated rings. The Morgan fingerprint density at radius 3 is 2.59 bits per heavy atom. The molecule has 0 aromatic carbocycles. The van der Waals surface area contributed by atoms with Crippen molar-refractivity contribution in [2.45, 2.75) is 32.3 Å². The number of hydrogen-bond donors (Lipinski definition) is 1. The molecule has 1 amide bonds. The van der Waals surface area contributed by atoms with Crippen LogP contribution in [-0.2, 0) is 14.3 Å². The van der Waals surface area contributed by atoms with Crippen molar-refractivity contribution in [1.29, 1.82) is 0 Å². The molecule has 1 atom stereocenters. The van der Waals surface area contributed by atoms with Crippen molar-refractivity contribution in [3.8, 4) is 5.82 Å². The lowest BCUT2D eigenvalue weighted by Gasteiger charge is -2.38. The summed E-state index contributed by atoms with van der Waals surface area (Å²) in [5, 5.41) is 21.7. The van der Waals surface area contributed by atoms with Gasteiger partial charge < -0.3 is 19.6 Å². The fourth-order valence-electron chi connectivity index (χ4n) is 4.80. The minimum atomic E-state index is -0.676. The fourth-order valence-corrected chi connectivity index (χ4v) is 4.80. The van der Waals surface area contributed by atoms with Crippen LogP contribution in [0.5, 0.6) is 0 Å². The smallest absolute Gasteiger partial charge is 0.336 e. The van der Waals surface area contributed by atoms with E-state index >= 15 is 0 Å². The first-order valence-electron chi connectivity index (χ1n) is 10.8. The van der Waals surface area contributed by atoms with Crippen molar-refractivity contribution in [2.24, 2.45) is 5.41 Å². The van der Waals surface area contributed by atoms with Gasteiger partial charge in [-0.05, 0) is 55.8 Å². The Balaban J connectivity index is 1.18. The molecule has 3 aliphatic heterocycles. The van der Waals surface area contributed by atoms with Gasteiger partial charge in [-0.15, -0.1) is 5.10 Å². The summed E-state index contributed by atoms with van der Waals surface area (Å²) < 4.78 is 6.54. The molecule has 0 bridgehead atoms. The van der Waals surface area contributed by atoms with Gasteiger partial charge >= 0.3 is 5.97 Å². The minimum Gasteiger partial charge on any atom is -0.456 e. The first-order valence-corrected chi connectivity index (χ1v) is 10.8. The van der Waals surface area contributed by atoms with Crippen molar-refractivity contribution >= 4 is 11.9 Å². The molecule has 2 aromatic heterocycles. The Bertz CT molecular complexity index is 1040. The summed E-state index contributed by atoms with van der Waals surface area (Å²) in [4.78, 5) is 33.2. The topological polar surface area (TPSA) is 127 Å². The van der Waals surface area contributed by atoms with Gasteiger partial charge in [0.25, 0.3) is 0 Å². The maximum absolute atomic E-state index is 13.2. The van der Waals surface area contributed by atoms with E-state index in [1.165, 1.54) is 11.0 Å². The number of carbonyl (C=O) groups is 2. The first kappa shape index (κ1) is 20.7. The number of ether oxygens (including phenoxy) is 1. The standard InChI is InChI=1S/C21H25N7O4/c1-14-16(12-32-19(14)30)27-9-6-21(20(27)31)4-7-26(8-5-21)11-17(29)15-2-3-18(22-10-15)28-13-23-24-25-28/h2-3,10,13,17,29H,4-9,11-12H2,1H3. The van der Waals surface area contributed by atoms with Gasteiger partial charge in [-0.25, -0.2) is 9.78 Å². The number of cyclic esters (lactones) is 1. The molecule has 0 saturated carbocycles. The van der Waals surface area contributed by atoms with Gasteiger partial charge in [0.15, 0.2) is 5.82 Å². The molecule has 3 aliphatic rings. The minimum absolute atomic E-state index is 0.104. The second-order valence-corrected chi connectivity index (χ2v) is 8.66. The third kappa shape index (κ3) is 3.56. The van der Waals surface area contributed by atoms with E-state index in [4.69, 9.17) is 4.74 Å². The number of esters is 1. The zero-order valence-corrected chi connectivity index (χ0v) is 17.8. The van der Waals surface area contributed by atoms with Gasteiger partial charge in [0.05, 0.1) is 22.8 Å². The Hall–Kier alpha value is -3.18. The number of nitrogens with zero attached hydrogens (tertiary/aromatic N) is 7. The van der Waals surface area contributed by atoms with Crippen LogP contribution in [0, 0.1) is 5.41 Å². The second kappa shape index (κ2) is 8.06. The molecular weight excluding hydrogens is 414 g/mol. The Labute approximate surface area is 184 Å². The monoisotopic (exact) mass is 439 g/mol. The Kier molecular flexibility index (Phi) is 5.22. The number of β-amino-alcohol motifs (C(OH)–C–C–N with tert-alkyl or cyclic N) is 1. The second-order valence-electron chi connectivity index (χ2n) is 8.66. The number of aliphatic hydroxyl groups is 1. The van der Waals surface area contributed by atoms with Crippen LogP contribution in [0.1, 0.15) is 37.9 Å². The summed E-state index contributed by atoms with van der Waals surface area (Å²) in [5.41, 5.74) is 1.59. The van der Waals surface area contributed by atoms with Crippen LogP contribution in [0.2, 0.25) is 0 Å². The van der Waals surface area contributed by atoms with E-state index in [9.17, 15) is 14.7 Å². The van der Waals surface area contributed by atoms with Crippen LogP contribution in [0.3, 0.4) is 0 Å². The van der Waals surface area contributed by atoms with Crippen molar-refractivity contribution in [1.82, 2.24) is 35.0 Å². The van der Waals surface area contributed by atoms with E-state index in [1.807, 2.05) is 6.07 Å². The maximum atomic E-state index is 13.2. The highest BCUT2D eigenvalue weighted by atomic mass is 16.5. The van der Waals surface area contributed by atoms with Crippen LogP contribution in [0.4, 0.5) is 0 Å². The van der Waals surface area contributed by atoms with E-state index in [1.54, 1.807) is 24.1 Å². The lowest BCUT2D eigenvalue weighted by atomic mass is 9.77. The number of aromatic nitrogens is 5. The summed E-state index contributed by atoms with van der Waals surface area (Å²) in [6, 6.07) is 3.58. The van der Waals surface area contributed by atoms with E-state index in [0.29, 0.717) is 30.2 Å². The number of likely N-dealkylation sites (tertiary alicyclic amines) is 2. The number of carbonyl (C=O) groups excluding carboxylic acids is 2. The van der Waals surface area contributed by atoms with E-state index < -0.39 is 6.10 Å². The Morgan fingerprint density at radius 2 is 1.97 bits per heavy atom. The van der Waals surface area contributed by atoms with Gasteiger partial charge in [-0.2, -0.15) is 4.68 Å². The highest BCUT2D eigenvalue weighted by molar-refractivity contribution is 5.94. The molecule has 5 heterocycles. The van der Waals surface area contributed by atoms with Crippen LogP contribution in [0.25, 0.3) is 5.82 Å². The first-order chi connectivity index (χ1) is 15.5. The summed E-state index contributed by atoms with van der Waals surface area (Å²) in [5.74, 6) is 0.348. The third-order valence-electron chi connectivity index (χ3n) is 6.90. The lowest BCUT2D eigenvalue weighted by molar-refractivity contribution is -0.138. The predicted molar refractivity (Wildman–Crippen MR) is 110 cm³/mol. The average molecular weight is 439 g/mol. The van der Waals surface area contributed by atoms with Crippen molar-refractivity contribution in [3.05, 3.63) is 41.5 Å². The maximum Gasteiger partial charge on any atom is 0.336 e. The van der Waals surface area contributed by atoms with Gasteiger partial charge in [0.1, 0.15) is 12.9 Å². The normalized spacial score (nSPS) is 22.1. The number of piperidine rings is 1. The van der Waals surface area contributed by atoms with Crippen LogP contribution in [-0.4, -0.2) is 84.8 Å². The molecule has 11 nitrogen and oxygen atoms in total. The number of tetrazole rings is 1. The van der Waals surface area contributed by atoms with Gasteiger partial charge in [0.2, 0.25) is 5.91 Å². The SMILES string of the molecule is CC1=C(N2CCC3(CCN(CC(O)c4ccc(-n5cnnn5)nc4)CC3)C2=O)COC1=O. The zero-order chi connectivity index (χ0) is 22.3. The Morgan fingerprint density at radius 1 is 1.19 bits per heavy atom. The summed E-state index contributed by atoms with van der Waals surface area (Å²) in [7, 11) is 0. The number of amides is 1. The van der Waals surface area contributed by atoms with Crippen molar-refractivity contribution in [3.63, 3.8) is 0 Å². The molecule has 0 radical (unpaired) electrons. The number of rotatable bonds is 5. The molecule has 2 saturated heterocycles. The van der Waals surface area contributed by atoms with E-state index in [2.05, 4.69) is 25.4 Å².